The highest BCUT2D eigenvalue weighted by Gasteiger charge is 2.28. The highest BCUT2D eigenvalue weighted by Crippen LogP contribution is 2.25. The Labute approximate surface area is 146 Å². The fraction of sp³-hybridized carbons (Fsp3) is 0.375. The molecule has 1 fully saturated rings. The second-order valence-corrected chi connectivity index (χ2v) is 5.55. The average molecular weight is 372 g/mol. The molecule has 1 aromatic carbocycles. The van der Waals surface area contributed by atoms with Gasteiger partial charge in [-0.3, -0.25) is 0 Å². The number of nitrogens with one attached hydrogen (secondary N) is 2. The van der Waals surface area contributed by atoms with Crippen LogP contribution in [0.5, 0.6) is 5.88 Å². The summed E-state index contributed by atoms with van der Waals surface area (Å²) in [5, 5.41) is 5.85. The van der Waals surface area contributed by atoms with Crippen molar-refractivity contribution in [2.75, 3.05) is 31.6 Å². The zero-order valence-corrected chi connectivity index (χ0v) is 13.5. The minimum atomic E-state index is -4.46. The van der Waals surface area contributed by atoms with Crippen LogP contribution < -0.4 is 15.4 Å². The van der Waals surface area contributed by atoms with Crippen molar-refractivity contribution in [2.24, 2.45) is 0 Å². The van der Waals surface area contributed by atoms with Gasteiger partial charge in [0.05, 0.1) is 12.7 Å². The van der Waals surface area contributed by atoms with Crippen molar-refractivity contribution in [3.63, 3.8) is 0 Å². The number of morpholine rings is 1. The number of benzene rings is 1. The van der Waals surface area contributed by atoms with E-state index < -0.39 is 18.6 Å². The summed E-state index contributed by atoms with van der Waals surface area (Å²) in [6.07, 6.45) is -3.59. The van der Waals surface area contributed by atoms with Crippen LogP contribution in [0.25, 0.3) is 0 Å². The smallest absolute Gasteiger partial charge is 0.422 e. The highest BCUT2D eigenvalue weighted by atomic mass is 19.4. The first kappa shape index (κ1) is 18.3. The van der Waals surface area contributed by atoms with Gasteiger partial charge in [0.2, 0.25) is 11.8 Å². The number of hydrogen-bond acceptors (Lipinski definition) is 6. The number of halogens is 4. The van der Waals surface area contributed by atoms with Gasteiger partial charge in [0.15, 0.2) is 6.61 Å². The molecular weight excluding hydrogens is 356 g/mol. The van der Waals surface area contributed by atoms with Crippen LogP contribution in [-0.2, 0) is 4.74 Å². The molecule has 6 nitrogen and oxygen atoms in total. The van der Waals surface area contributed by atoms with Gasteiger partial charge in [0.25, 0.3) is 0 Å². The number of anilines is 2. The molecule has 0 aliphatic carbocycles. The molecule has 0 spiro atoms. The standard InChI is InChI=1S/C16H16F4N4O2/c17-12-7-10(1-2-11(12)13-8-21-5-6-25-13)23-15-22-4-3-14(24-15)26-9-16(18,19)20/h1-4,7,13,21H,5-6,8-9H2,(H,22,23,24)/t13-/m0/s1. The molecule has 1 atom stereocenters. The molecule has 1 aliphatic rings. The molecule has 1 saturated heterocycles. The van der Waals surface area contributed by atoms with Crippen molar-refractivity contribution in [1.82, 2.24) is 15.3 Å². The minimum absolute atomic E-state index is 0.00703. The van der Waals surface area contributed by atoms with Gasteiger partial charge in [-0.25, -0.2) is 9.37 Å². The maximum Gasteiger partial charge on any atom is 0.422 e. The maximum absolute atomic E-state index is 14.3. The second-order valence-electron chi connectivity index (χ2n) is 5.55. The normalized spacial score (nSPS) is 17.8. The molecule has 2 N–H and O–H groups in total. The van der Waals surface area contributed by atoms with E-state index in [2.05, 4.69) is 25.3 Å². The molecule has 2 heterocycles. The molecule has 3 rings (SSSR count). The van der Waals surface area contributed by atoms with Gasteiger partial charge in [-0.05, 0) is 12.1 Å². The van der Waals surface area contributed by atoms with E-state index in [9.17, 15) is 17.6 Å². The van der Waals surface area contributed by atoms with Gasteiger partial charge in [-0.1, -0.05) is 6.07 Å². The predicted octanol–water partition coefficient (Wildman–Crippen LogP) is 2.96. The Balaban J connectivity index is 1.68. The molecule has 140 valence electrons. The number of nitrogens with zero attached hydrogens (tertiary/aromatic N) is 2. The third-order valence-electron chi connectivity index (χ3n) is 3.54. The van der Waals surface area contributed by atoms with Gasteiger partial charge >= 0.3 is 6.18 Å². The molecule has 10 heteroatoms. The Hall–Kier alpha value is -2.46. The topological polar surface area (TPSA) is 68.3 Å². The first-order chi connectivity index (χ1) is 12.4. The van der Waals surface area contributed by atoms with E-state index in [1.807, 2.05) is 0 Å². The first-order valence-corrected chi connectivity index (χ1v) is 7.82. The number of aromatic nitrogens is 2. The maximum atomic E-state index is 14.3. The minimum Gasteiger partial charge on any atom is -0.468 e. The highest BCUT2D eigenvalue weighted by molar-refractivity contribution is 5.54. The van der Waals surface area contributed by atoms with Crippen LogP contribution in [0.4, 0.5) is 29.2 Å². The molecule has 0 unspecified atom stereocenters. The molecule has 1 aromatic heterocycles. The zero-order chi connectivity index (χ0) is 18.6. The number of rotatable bonds is 5. The largest absolute Gasteiger partial charge is 0.468 e. The second kappa shape index (κ2) is 7.83. The Morgan fingerprint density at radius 2 is 2.15 bits per heavy atom. The van der Waals surface area contributed by atoms with Crippen LogP contribution in [0.15, 0.2) is 30.5 Å². The number of hydrogen-bond donors (Lipinski definition) is 2. The van der Waals surface area contributed by atoms with Gasteiger partial charge < -0.3 is 20.1 Å². The molecule has 1 aliphatic heterocycles. The van der Waals surface area contributed by atoms with Crippen LogP contribution in [-0.4, -0.2) is 42.4 Å². The van der Waals surface area contributed by atoms with Crippen molar-refractivity contribution >= 4 is 11.6 Å². The molecule has 0 radical (unpaired) electrons. The Morgan fingerprint density at radius 1 is 1.31 bits per heavy atom. The monoisotopic (exact) mass is 372 g/mol. The fourth-order valence-corrected chi connectivity index (χ4v) is 2.40. The van der Waals surface area contributed by atoms with Crippen molar-refractivity contribution in [2.45, 2.75) is 12.3 Å². The summed E-state index contributed by atoms with van der Waals surface area (Å²) in [4.78, 5) is 7.69. The fourth-order valence-electron chi connectivity index (χ4n) is 2.40. The SMILES string of the molecule is Fc1cc(Nc2nccc(OCC(F)(F)F)n2)ccc1[C@@H]1CNCCO1. The Bertz CT molecular complexity index is 751. The lowest BCUT2D eigenvalue weighted by Crippen LogP contribution is -2.33. The van der Waals surface area contributed by atoms with E-state index in [1.54, 1.807) is 12.1 Å². The van der Waals surface area contributed by atoms with Gasteiger partial charge in [-0.2, -0.15) is 18.2 Å². The summed E-state index contributed by atoms with van der Waals surface area (Å²) < 4.78 is 61.0. The molecule has 2 aromatic rings. The quantitative estimate of drug-likeness (QED) is 0.787. The van der Waals surface area contributed by atoms with Crippen molar-refractivity contribution in [3.05, 3.63) is 41.8 Å². The lowest BCUT2D eigenvalue weighted by molar-refractivity contribution is -0.154. The van der Waals surface area contributed by atoms with E-state index in [-0.39, 0.29) is 17.9 Å². The molecule has 26 heavy (non-hydrogen) atoms. The van der Waals surface area contributed by atoms with Crippen molar-refractivity contribution in [1.29, 1.82) is 0 Å². The summed E-state index contributed by atoms with van der Waals surface area (Å²) in [5.74, 6) is -0.709. The lowest BCUT2D eigenvalue weighted by Gasteiger charge is -2.24. The van der Waals surface area contributed by atoms with E-state index in [0.29, 0.717) is 24.4 Å². The molecule has 0 saturated carbocycles. The number of alkyl halides is 3. The summed E-state index contributed by atoms with van der Waals surface area (Å²) in [6.45, 7) is 0.290. The summed E-state index contributed by atoms with van der Waals surface area (Å²) in [7, 11) is 0. The van der Waals surface area contributed by atoms with E-state index >= 15 is 0 Å². The zero-order valence-electron chi connectivity index (χ0n) is 13.5. The van der Waals surface area contributed by atoms with Gasteiger partial charge in [-0.15, -0.1) is 0 Å². The lowest BCUT2D eigenvalue weighted by atomic mass is 10.1. The molecule has 0 amide bonds. The summed E-state index contributed by atoms with van der Waals surface area (Å²) >= 11 is 0. The predicted molar refractivity (Wildman–Crippen MR) is 84.8 cm³/mol. The van der Waals surface area contributed by atoms with Crippen LogP contribution in [0.3, 0.4) is 0 Å². The Morgan fingerprint density at radius 3 is 2.85 bits per heavy atom. The summed E-state index contributed by atoms with van der Waals surface area (Å²) in [6, 6.07) is 5.65. The average Bonchev–Trinajstić information content (AvgIpc) is 2.61. The first-order valence-electron chi connectivity index (χ1n) is 7.82. The van der Waals surface area contributed by atoms with E-state index in [0.717, 1.165) is 6.54 Å². The van der Waals surface area contributed by atoms with Crippen LogP contribution in [0.2, 0.25) is 0 Å². The van der Waals surface area contributed by atoms with Crippen molar-refractivity contribution in [3.8, 4) is 5.88 Å². The summed E-state index contributed by atoms with van der Waals surface area (Å²) in [5.41, 5.74) is 0.772. The molecule has 0 bridgehead atoms. The number of ether oxygens (including phenoxy) is 2. The van der Waals surface area contributed by atoms with Crippen LogP contribution in [0.1, 0.15) is 11.7 Å². The van der Waals surface area contributed by atoms with Crippen molar-refractivity contribution < 1.29 is 27.0 Å². The molecular formula is C16H16F4N4O2. The van der Waals surface area contributed by atoms with Gasteiger partial charge in [0.1, 0.15) is 5.82 Å². The third-order valence-corrected chi connectivity index (χ3v) is 3.54. The van der Waals surface area contributed by atoms with Gasteiger partial charge in [0, 0.05) is 36.6 Å². The van der Waals surface area contributed by atoms with Crippen LogP contribution >= 0.6 is 0 Å². The van der Waals surface area contributed by atoms with Crippen LogP contribution in [0, 0.1) is 5.82 Å². The van der Waals surface area contributed by atoms with E-state index in [1.165, 1.54) is 18.3 Å². The third kappa shape index (κ3) is 5.02. The Kier molecular flexibility index (Phi) is 5.52. The van der Waals surface area contributed by atoms with E-state index in [4.69, 9.17) is 4.74 Å².